The number of amides is 1. The molecule has 1 atom stereocenters. The molecule has 0 radical (unpaired) electrons. The van der Waals surface area contributed by atoms with Crippen LogP contribution in [0, 0.1) is 0 Å². The van der Waals surface area contributed by atoms with Gasteiger partial charge in [-0.15, -0.1) is 0 Å². The Labute approximate surface area is 184 Å². The molecule has 9 heteroatoms. The second-order valence-electron chi connectivity index (χ2n) is 6.76. The summed E-state index contributed by atoms with van der Waals surface area (Å²) in [7, 11) is 0.697. The number of methoxy groups -OCH3 is 3. The standard InChI is InChI=1S/C22H30N2O6S/c1-7-24(8-2)31(26,27)21-13-16(9-11-20(21)30-6)22(25)23-15(3)18-14-17(28-4)10-12-19(18)29-5/h9-15H,7-8H2,1-6H3,(H,23,25)/t15-/m1/s1. The minimum atomic E-state index is -3.81. The van der Waals surface area contributed by atoms with Crippen molar-refractivity contribution in [3.05, 3.63) is 47.5 Å². The zero-order chi connectivity index (χ0) is 23.2. The molecule has 0 saturated carbocycles. The van der Waals surface area contributed by atoms with Crippen molar-refractivity contribution >= 4 is 15.9 Å². The molecule has 0 aromatic heterocycles. The molecule has 1 N–H and O–H groups in total. The van der Waals surface area contributed by atoms with Crippen LogP contribution < -0.4 is 19.5 Å². The van der Waals surface area contributed by atoms with Gasteiger partial charge >= 0.3 is 0 Å². The van der Waals surface area contributed by atoms with Gasteiger partial charge in [-0.1, -0.05) is 13.8 Å². The summed E-state index contributed by atoms with van der Waals surface area (Å²) in [6.07, 6.45) is 0. The summed E-state index contributed by atoms with van der Waals surface area (Å²) >= 11 is 0. The van der Waals surface area contributed by atoms with Crippen LogP contribution in [0.4, 0.5) is 0 Å². The minimum absolute atomic E-state index is 0.0436. The molecule has 170 valence electrons. The predicted molar refractivity (Wildman–Crippen MR) is 119 cm³/mol. The molecular formula is C22H30N2O6S. The third kappa shape index (κ3) is 5.29. The lowest BCUT2D eigenvalue weighted by Crippen LogP contribution is -2.31. The summed E-state index contributed by atoms with van der Waals surface area (Å²) < 4.78 is 43.3. The van der Waals surface area contributed by atoms with Gasteiger partial charge in [-0.3, -0.25) is 4.79 Å². The summed E-state index contributed by atoms with van der Waals surface area (Å²) in [5.74, 6) is 1.00. The SMILES string of the molecule is CCN(CC)S(=O)(=O)c1cc(C(=O)N[C@H](C)c2cc(OC)ccc2OC)ccc1OC. The number of rotatable bonds is 10. The van der Waals surface area contributed by atoms with Crippen LogP contribution in [0.15, 0.2) is 41.3 Å². The van der Waals surface area contributed by atoms with Crippen molar-refractivity contribution in [2.24, 2.45) is 0 Å². The molecule has 0 saturated heterocycles. The van der Waals surface area contributed by atoms with E-state index in [1.165, 1.54) is 29.6 Å². The van der Waals surface area contributed by atoms with E-state index in [0.29, 0.717) is 24.6 Å². The zero-order valence-corrected chi connectivity index (χ0v) is 19.6. The van der Waals surface area contributed by atoms with Crippen molar-refractivity contribution in [3.8, 4) is 17.2 Å². The number of benzene rings is 2. The average molecular weight is 451 g/mol. The van der Waals surface area contributed by atoms with Crippen molar-refractivity contribution in [2.75, 3.05) is 34.4 Å². The average Bonchev–Trinajstić information content (AvgIpc) is 2.78. The summed E-state index contributed by atoms with van der Waals surface area (Å²) in [6, 6.07) is 9.27. The lowest BCUT2D eigenvalue weighted by Gasteiger charge is -2.21. The third-order valence-electron chi connectivity index (χ3n) is 5.00. The fourth-order valence-corrected chi connectivity index (χ4v) is 4.90. The van der Waals surface area contributed by atoms with E-state index >= 15 is 0 Å². The number of sulfonamides is 1. The Bertz CT molecular complexity index is 1020. The summed E-state index contributed by atoms with van der Waals surface area (Å²) in [4.78, 5) is 12.9. The van der Waals surface area contributed by atoms with E-state index in [1.54, 1.807) is 46.3 Å². The Kier molecular flexibility index (Phi) is 8.29. The Morgan fingerprint density at radius 1 is 0.968 bits per heavy atom. The second-order valence-corrected chi connectivity index (χ2v) is 8.66. The molecular weight excluding hydrogens is 420 g/mol. The molecule has 8 nitrogen and oxygen atoms in total. The Morgan fingerprint density at radius 3 is 2.13 bits per heavy atom. The topological polar surface area (TPSA) is 94.2 Å². The number of hydrogen-bond acceptors (Lipinski definition) is 6. The molecule has 0 aliphatic carbocycles. The minimum Gasteiger partial charge on any atom is -0.497 e. The molecule has 0 bridgehead atoms. The third-order valence-corrected chi connectivity index (χ3v) is 7.07. The maximum Gasteiger partial charge on any atom is 0.251 e. The second kappa shape index (κ2) is 10.5. The van der Waals surface area contributed by atoms with Crippen LogP contribution in [0.1, 0.15) is 42.7 Å². The summed E-state index contributed by atoms with van der Waals surface area (Å²) in [5, 5.41) is 2.89. The highest BCUT2D eigenvalue weighted by Gasteiger charge is 2.27. The molecule has 31 heavy (non-hydrogen) atoms. The molecule has 2 aromatic rings. The van der Waals surface area contributed by atoms with E-state index in [1.807, 2.05) is 6.92 Å². The number of ether oxygens (including phenoxy) is 3. The monoisotopic (exact) mass is 450 g/mol. The van der Waals surface area contributed by atoms with Gasteiger partial charge in [0.2, 0.25) is 10.0 Å². The van der Waals surface area contributed by atoms with E-state index in [-0.39, 0.29) is 16.2 Å². The molecule has 2 aromatic carbocycles. The molecule has 2 rings (SSSR count). The van der Waals surface area contributed by atoms with Gasteiger partial charge in [0.15, 0.2) is 0 Å². The maximum atomic E-state index is 13.0. The lowest BCUT2D eigenvalue weighted by atomic mass is 10.1. The van der Waals surface area contributed by atoms with Gasteiger partial charge in [-0.25, -0.2) is 8.42 Å². The van der Waals surface area contributed by atoms with Crippen molar-refractivity contribution in [3.63, 3.8) is 0 Å². The van der Waals surface area contributed by atoms with Crippen molar-refractivity contribution in [1.82, 2.24) is 9.62 Å². The zero-order valence-electron chi connectivity index (χ0n) is 18.8. The van der Waals surface area contributed by atoms with Crippen LogP contribution >= 0.6 is 0 Å². The van der Waals surface area contributed by atoms with Crippen LogP contribution in [0.5, 0.6) is 17.2 Å². The summed E-state index contributed by atoms with van der Waals surface area (Å²) in [6.45, 7) is 5.95. The lowest BCUT2D eigenvalue weighted by molar-refractivity contribution is 0.0939. The van der Waals surface area contributed by atoms with E-state index in [9.17, 15) is 13.2 Å². The van der Waals surface area contributed by atoms with Crippen LogP contribution in [-0.2, 0) is 10.0 Å². The van der Waals surface area contributed by atoms with Crippen LogP contribution in [0.3, 0.4) is 0 Å². The van der Waals surface area contributed by atoms with Crippen LogP contribution in [0.2, 0.25) is 0 Å². The first-order valence-electron chi connectivity index (χ1n) is 9.94. The van der Waals surface area contributed by atoms with Crippen molar-refractivity contribution < 1.29 is 27.4 Å². The normalized spacial score (nSPS) is 12.4. The van der Waals surface area contributed by atoms with Gasteiger partial charge in [-0.05, 0) is 43.3 Å². The molecule has 0 fully saturated rings. The quantitative estimate of drug-likeness (QED) is 0.597. The smallest absolute Gasteiger partial charge is 0.251 e. The fraction of sp³-hybridized carbons (Fsp3) is 0.409. The Hall–Kier alpha value is -2.78. The first-order chi connectivity index (χ1) is 14.7. The van der Waals surface area contributed by atoms with Crippen molar-refractivity contribution in [2.45, 2.75) is 31.7 Å². The number of nitrogens with one attached hydrogen (secondary N) is 1. The van der Waals surface area contributed by atoms with Crippen LogP contribution in [0.25, 0.3) is 0 Å². The fourth-order valence-electron chi connectivity index (χ4n) is 3.26. The first kappa shape index (κ1) is 24.5. The predicted octanol–water partition coefficient (Wildman–Crippen LogP) is 3.23. The van der Waals surface area contributed by atoms with Gasteiger partial charge < -0.3 is 19.5 Å². The highest BCUT2D eigenvalue weighted by molar-refractivity contribution is 7.89. The van der Waals surface area contributed by atoms with Crippen LogP contribution in [-0.4, -0.2) is 53.0 Å². The van der Waals surface area contributed by atoms with E-state index < -0.39 is 22.0 Å². The van der Waals surface area contributed by atoms with Gasteiger partial charge in [0.05, 0.1) is 27.4 Å². The molecule has 0 aliphatic rings. The molecule has 0 heterocycles. The molecule has 1 amide bonds. The maximum absolute atomic E-state index is 13.0. The van der Waals surface area contributed by atoms with E-state index in [2.05, 4.69) is 5.32 Å². The molecule has 0 aliphatic heterocycles. The highest BCUT2D eigenvalue weighted by Crippen LogP contribution is 2.31. The van der Waals surface area contributed by atoms with Crippen molar-refractivity contribution in [1.29, 1.82) is 0 Å². The number of hydrogen-bond donors (Lipinski definition) is 1. The van der Waals surface area contributed by atoms with E-state index in [4.69, 9.17) is 14.2 Å². The van der Waals surface area contributed by atoms with Gasteiger partial charge in [0, 0.05) is 24.2 Å². The first-order valence-corrected chi connectivity index (χ1v) is 11.4. The highest BCUT2D eigenvalue weighted by atomic mass is 32.2. The molecule has 0 unspecified atom stereocenters. The Balaban J connectivity index is 2.39. The van der Waals surface area contributed by atoms with Gasteiger partial charge in [-0.2, -0.15) is 4.31 Å². The number of carbonyl (C=O) groups is 1. The summed E-state index contributed by atoms with van der Waals surface area (Å²) in [5.41, 5.74) is 0.944. The molecule has 0 spiro atoms. The Morgan fingerprint density at radius 2 is 1.58 bits per heavy atom. The van der Waals surface area contributed by atoms with Gasteiger partial charge in [0.25, 0.3) is 5.91 Å². The van der Waals surface area contributed by atoms with Gasteiger partial charge in [0.1, 0.15) is 22.1 Å². The largest absolute Gasteiger partial charge is 0.497 e. The van der Waals surface area contributed by atoms with E-state index in [0.717, 1.165) is 5.56 Å². The number of nitrogens with zero attached hydrogens (tertiary/aromatic N) is 1. The number of carbonyl (C=O) groups excluding carboxylic acids is 1.